The molecule has 2 aliphatic heterocycles. The predicted octanol–water partition coefficient (Wildman–Crippen LogP) is 2.08. The molecule has 2 fully saturated rings. The molecule has 10 nitrogen and oxygen atoms in total. The Kier molecular flexibility index (Phi) is 7.58. The molecule has 0 saturated carbocycles. The minimum absolute atomic E-state index is 0.0604. The number of nitriles is 1. The number of carbonyl (C=O) groups is 1. The van der Waals surface area contributed by atoms with Crippen molar-refractivity contribution in [1.82, 2.24) is 9.47 Å². The van der Waals surface area contributed by atoms with Gasteiger partial charge in [0.15, 0.2) is 5.57 Å². The van der Waals surface area contributed by atoms with Crippen molar-refractivity contribution < 1.29 is 14.5 Å². The van der Waals surface area contributed by atoms with Gasteiger partial charge in [-0.05, 0) is 49.6 Å². The van der Waals surface area contributed by atoms with Gasteiger partial charge in [-0.25, -0.2) is 0 Å². The van der Waals surface area contributed by atoms with Crippen LogP contribution in [-0.2, 0) is 9.53 Å². The van der Waals surface area contributed by atoms with Gasteiger partial charge in [0.25, 0.3) is 17.2 Å². The van der Waals surface area contributed by atoms with Crippen molar-refractivity contribution >= 4 is 40.3 Å². The van der Waals surface area contributed by atoms with Gasteiger partial charge in [0.1, 0.15) is 16.4 Å². The van der Waals surface area contributed by atoms with E-state index in [-0.39, 0.29) is 20.5 Å². The number of anilines is 1. The number of amides is 1. The molecule has 200 valence electrons. The molecule has 3 aromatic rings. The quantitative estimate of drug-likeness (QED) is 0.355. The van der Waals surface area contributed by atoms with E-state index in [1.54, 1.807) is 35.2 Å². The standard InChI is InChI=1S/C28H27N5O5S/c1-19-4-7-21(8-5-19)32-27(35)25(39-28(32)22(18-29)26(34)31-10-2-3-11-31)17-20-6-9-23(24(16-20)33(36)37)30-12-14-38-15-13-30/h4-9,16-17H,2-3,10-15H2,1H3/b25-17+,28-22-. The van der Waals surface area contributed by atoms with Crippen LogP contribution in [0.25, 0.3) is 17.3 Å². The van der Waals surface area contributed by atoms with Crippen LogP contribution in [0.2, 0.25) is 0 Å². The summed E-state index contributed by atoms with van der Waals surface area (Å²) < 4.78 is 7.26. The third kappa shape index (κ3) is 5.34. The van der Waals surface area contributed by atoms with Gasteiger partial charge in [0.05, 0.1) is 28.4 Å². The zero-order valence-corrected chi connectivity index (χ0v) is 22.3. The largest absolute Gasteiger partial charge is 0.378 e. The van der Waals surface area contributed by atoms with Crippen LogP contribution in [0.3, 0.4) is 0 Å². The lowest BCUT2D eigenvalue weighted by Gasteiger charge is -2.28. The molecule has 0 spiro atoms. The molecule has 3 heterocycles. The molecular weight excluding hydrogens is 518 g/mol. The Bertz CT molecular complexity index is 1640. The summed E-state index contributed by atoms with van der Waals surface area (Å²) in [5.74, 6) is -0.394. The number of rotatable bonds is 5. The van der Waals surface area contributed by atoms with Crippen molar-refractivity contribution in [2.45, 2.75) is 19.8 Å². The van der Waals surface area contributed by atoms with Crippen LogP contribution in [0.1, 0.15) is 24.0 Å². The smallest absolute Gasteiger partial charge is 0.293 e. The molecule has 0 aliphatic carbocycles. The highest BCUT2D eigenvalue weighted by Gasteiger charge is 2.25. The number of nitrogens with zero attached hydrogens (tertiary/aromatic N) is 5. The number of benzene rings is 2. The number of ether oxygens (including phenoxy) is 1. The summed E-state index contributed by atoms with van der Waals surface area (Å²) in [6.07, 6.45) is 3.32. The number of aryl methyl sites for hydroxylation is 1. The molecule has 0 radical (unpaired) electrons. The van der Waals surface area contributed by atoms with E-state index in [1.807, 2.05) is 30.0 Å². The van der Waals surface area contributed by atoms with Crippen molar-refractivity contribution in [1.29, 1.82) is 5.26 Å². The van der Waals surface area contributed by atoms with E-state index in [0.717, 1.165) is 29.7 Å². The Morgan fingerprint density at radius 2 is 1.79 bits per heavy atom. The average molecular weight is 546 g/mol. The lowest BCUT2D eigenvalue weighted by atomic mass is 10.1. The molecule has 2 aliphatic rings. The highest BCUT2D eigenvalue weighted by Crippen LogP contribution is 2.30. The van der Waals surface area contributed by atoms with E-state index in [4.69, 9.17) is 4.74 Å². The molecule has 1 aromatic heterocycles. The Morgan fingerprint density at radius 3 is 2.44 bits per heavy atom. The zero-order valence-electron chi connectivity index (χ0n) is 21.5. The Labute approximate surface area is 228 Å². The molecule has 0 unspecified atom stereocenters. The van der Waals surface area contributed by atoms with Gasteiger partial charge < -0.3 is 14.5 Å². The molecule has 11 heteroatoms. The van der Waals surface area contributed by atoms with Gasteiger partial charge in [-0.3, -0.25) is 24.3 Å². The second kappa shape index (κ2) is 11.2. The molecule has 5 rings (SSSR count). The number of aromatic nitrogens is 1. The maximum absolute atomic E-state index is 13.7. The van der Waals surface area contributed by atoms with E-state index >= 15 is 0 Å². The van der Waals surface area contributed by atoms with Crippen LogP contribution in [0.5, 0.6) is 0 Å². The monoisotopic (exact) mass is 545 g/mol. The van der Waals surface area contributed by atoms with E-state index in [2.05, 4.69) is 0 Å². The van der Waals surface area contributed by atoms with Crippen molar-refractivity contribution in [2.24, 2.45) is 0 Å². The van der Waals surface area contributed by atoms with Crippen molar-refractivity contribution in [3.05, 3.63) is 83.3 Å². The van der Waals surface area contributed by atoms with Crippen LogP contribution in [0.4, 0.5) is 11.4 Å². The van der Waals surface area contributed by atoms with Crippen LogP contribution in [-0.4, -0.2) is 59.7 Å². The summed E-state index contributed by atoms with van der Waals surface area (Å²) >= 11 is 1.04. The number of thiazole rings is 1. The predicted molar refractivity (Wildman–Crippen MR) is 148 cm³/mol. The van der Waals surface area contributed by atoms with Crippen molar-refractivity contribution in [3.8, 4) is 11.8 Å². The lowest BCUT2D eigenvalue weighted by molar-refractivity contribution is -0.384. The van der Waals surface area contributed by atoms with Crippen molar-refractivity contribution in [2.75, 3.05) is 44.3 Å². The second-order valence-corrected chi connectivity index (χ2v) is 10.5. The molecule has 1 amide bonds. The maximum Gasteiger partial charge on any atom is 0.293 e. The normalized spacial score (nSPS) is 16.8. The fourth-order valence-electron chi connectivity index (χ4n) is 4.84. The molecule has 0 N–H and O–H groups in total. The number of nitro benzene ring substituents is 1. The van der Waals surface area contributed by atoms with Gasteiger partial charge in [-0.1, -0.05) is 23.8 Å². The minimum Gasteiger partial charge on any atom is -0.378 e. The van der Waals surface area contributed by atoms with Crippen molar-refractivity contribution in [3.63, 3.8) is 0 Å². The number of carbonyl (C=O) groups excluding carboxylic acids is 1. The third-order valence-corrected chi connectivity index (χ3v) is 7.99. The van der Waals surface area contributed by atoms with Crippen LogP contribution < -0.4 is 19.7 Å². The van der Waals surface area contributed by atoms with Gasteiger partial charge in [0, 0.05) is 32.2 Å². The summed E-state index contributed by atoms with van der Waals surface area (Å²) in [6.45, 7) is 5.17. The summed E-state index contributed by atoms with van der Waals surface area (Å²) in [6, 6.07) is 14.2. The van der Waals surface area contributed by atoms with Gasteiger partial charge in [0.2, 0.25) is 0 Å². The van der Waals surface area contributed by atoms with Crippen LogP contribution >= 0.6 is 11.3 Å². The second-order valence-electron chi connectivity index (χ2n) is 9.48. The Balaban J connectivity index is 1.69. The molecule has 39 heavy (non-hydrogen) atoms. The molecule has 2 saturated heterocycles. The fraction of sp³-hybridized carbons (Fsp3) is 0.321. The molecule has 2 aromatic carbocycles. The van der Waals surface area contributed by atoms with Gasteiger partial charge >= 0.3 is 0 Å². The Hall–Kier alpha value is -4.27. The summed E-state index contributed by atoms with van der Waals surface area (Å²) in [5.41, 5.74) is 1.96. The number of nitro groups is 1. The Morgan fingerprint density at radius 1 is 1.10 bits per heavy atom. The number of morpholine rings is 1. The number of likely N-dealkylation sites (tertiary alicyclic amines) is 1. The summed E-state index contributed by atoms with van der Waals surface area (Å²) in [7, 11) is 0. The van der Waals surface area contributed by atoms with E-state index in [0.29, 0.717) is 56.3 Å². The summed E-state index contributed by atoms with van der Waals surface area (Å²) in [5, 5.41) is 22.0. The van der Waals surface area contributed by atoms with Crippen LogP contribution in [0, 0.1) is 28.4 Å². The van der Waals surface area contributed by atoms with E-state index in [9.17, 15) is 25.0 Å². The third-order valence-electron chi connectivity index (χ3n) is 6.89. The first-order valence-corrected chi connectivity index (χ1v) is 13.5. The van der Waals surface area contributed by atoms with Gasteiger partial charge in [-0.2, -0.15) is 5.26 Å². The first-order valence-electron chi connectivity index (χ1n) is 12.7. The summed E-state index contributed by atoms with van der Waals surface area (Å²) in [4.78, 5) is 42.0. The topological polar surface area (TPSA) is 122 Å². The molecule has 0 atom stereocenters. The highest BCUT2D eigenvalue weighted by molar-refractivity contribution is 7.07. The fourth-order valence-corrected chi connectivity index (χ4v) is 5.94. The minimum atomic E-state index is -0.428. The van der Waals surface area contributed by atoms with E-state index in [1.165, 1.54) is 10.6 Å². The SMILES string of the molecule is Cc1ccc(-n2c(=O)/c(=C\c3ccc(N4CCOCC4)c([N+](=O)[O-])c3)s/c2=C(/C#N)C(=O)N2CCCC2)cc1. The number of hydrogen-bond donors (Lipinski definition) is 0. The number of hydrogen-bond acceptors (Lipinski definition) is 8. The van der Waals surface area contributed by atoms with Crippen LogP contribution in [0.15, 0.2) is 47.3 Å². The molecule has 0 bridgehead atoms. The average Bonchev–Trinajstić information content (AvgIpc) is 3.59. The maximum atomic E-state index is 13.7. The first-order chi connectivity index (χ1) is 18.9. The van der Waals surface area contributed by atoms with Gasteiger partial charge in [-0.15, -0.1) is 11.3 Å². The molecular formula is C28H27N5O5S. The first kappa shape index (κ1) is 26.3. The lowest BCUT2D eigenvalue weighted by Crippen LogP contribution is -2.36. The van der Waals surface area contributed by atoms with E-state index < -0.39 is 16.4 Å². The highest BCUT2D eigenvalue weighted by atomic mass is 32.1. The zero-order chi connectivity index (χ0) is 27.5.